The number of carbonyl (C=O) groups excluding carboxylic acids is 1. The van der Waals surface area contributed by atoms with Gasteiger partial charge in [-0.3, -0.25) is 9.78 Å². The number of aryl methyl sites for hydroxylation is 1. The number of amides is 1. The fraction of sp³-hybridized carbons (Fsp3) is 0.643. The van der Waals surface area contributed by atoms with Crippen molar-refractivity contribution in [3.63, 3.8) is 0 Å². The molecule has 2 unspecified atom stereocenters. The number of hydrogen-bond acceptors (Lipinski definition) is 3. The van der Waals surface area contributed by atoms with Crippen LogP contribution in [0.4, 0.5) is 0 Å². The van der Waals surface area contributed by atoms with Crippen LogP contribution in [0.5, 0.6) is 0 Å². The summed E-state index contributed by atoms with van der Waals surface area (Å²) in [5, 5.41) is 0. The van der Waals surface area contributed by atoms with E-state index >= 15 is 0 Å². The first kappa shape index (κ1) is 11.6. The van der Waals surface area contributed by atoms with Crippen LogP contribution in [0.2, 0.25) is 0 Å². The molecule has 1 saturated heterocycles. The highest BCUT2D eigenvalue weighted by Gasteiger charge is 2.36. The van der Waals surface area contributed by atoms with Crippen LogP contribution in [-0.4, -0.2) is 33.9 Å². The molecule has 1 aliphatic carbocycles. The van der Waals surface area contributed by atoms with E-state index in [0.29, 0.717) is 5.69 Å². The minimum atomic E-state index is 0.0527. The number of carbonyl (C=O) groups is 1. The minimum Gasteiger partial charge on any atom is -0.337 e. The first-order chi connectivity index (χ1) is 8.74. The number of rotatable bonds is 1. The standard InChI is InChI=1S/C14H19N3O/c1-10-6-16-13(7-15-10)14(18)17-8-11-4-2-3-5-12(11)9-17/h6-7,11-12H,2-5,8-9H2,1H3. The van der Waals surface area contributed by atoms with Crippen LogP contribution in [0.25, 0.3) is 0 Å². The number of fused-ring (bicyclic) bond motifs is 1. The van der Waals surface area contributed by atoms with Gasteiger partial charge in [0.25, 0.3) is 5.91 Å². The van der Waals surface area contributed by atoms with Crippen molar-refractivity contribution in [3.8, 4) is 0 Å². The molecule has 4 heteroatoms. The summed E-state index contributed by atoms with van der Waals surface area (Å²) in [4.78, 5) is 22.6. The summed E-state index contributed by atoms with van der Waals surface area (Å²) in [6.45, 7) is 3.71. The predicted octanol–water partition coefficient (Wildman–Crippen LogP) is 2.05. The second-order valence-corrected chi connectivity index (χ2v) is 5.56. The van der Waals surface area contributed by atoms with Gasteiger partial charge in [-0.25, -0.2) is 4.98 Å². The summed E-state index contributed by atoms with van der Waals surface area (Å²) in [5.74, 6) is 1.50. The van der Waals surface area contributed by atoms with Crippen LogP contribution in [0.15, 0.2) is 12.4 Å². The zero-order chi connectivity index (χ0) is 12.5. The Kier molecular flexibility index (Phi) is 3.02. The lowest BCUT2D eigenvalue weighted by Crippen LogP contribution is -2.29. The third kappa shape index (κ3) is 2.11. The third-order valence-electron chi connectivity index (χ3n) is 4.26. The first-order valence-corrected chi connectivity index (χ1v) is 6.82. The highest BCUT2D eigenvalue weighted by atomic mass is 16.2. The lowest BCUT2D eigenvalue weighted by Gasteiger charge is -2.22. The fourth-order valence-electron chi connectivity index (χ4n) is 3.24. The number of nitrogens with zero attached hydrogens (tertiary/aromatic N) is 3. The summed E-state index contributed by atoms with van der Waals surface area (Å²) >= 11 is 0. The van der Waals surface area contributed by atoms with Gasteiger partial charge in [0.05, 0.1) is 11.9 Å². The maximum atomic E-state index is 12.3. The van der Waals surface area contributed by atoms with Crippen molar-refractivity contribution in [1.82, 2.24) is 14.9 Å². The van der Waals surface area contributed by atoms with Gasteiger partial charge in [-0.2, -0.15) is 0 Å². The highest BCUT2D eigenvalue weighted by molar-refractivity contribution is 5.92. The molecule has 4 nitrogen and oxygen atoms in total. The Bertz CT molecular complexity index is 429. The molecule has 2 fully saturated rings. The first-order valence-electron chi connectivity index (χ1n) is 6.82. The number of aromatic nitrogens is 2. The summed E-state index contributed by atoms with van der Waals surface area (Å²) < 4.78 is 0. The Morgan fingerprint density at radius 3 is 2.39 bits per heavy atom. The smallest absolute Gasteiger partial charge is 0.274 e. The van der Waals surface area contributed by atoms with Crippen LogP contribution in [0, 0.1) is 18.8 Å². The Morgan fingerprint density at radius 2 is 1.83 bits per heavy atom. The Labute approximate surface area is 107 Å². The maximum Gasteiger partial charge on any atom is 0.274 e. The number of hydrogen-bond donors (Lipinski definition) is 0. The van der Waals surface area contributed by atoms with Gasteiger partial charge in [-0.05, 0) is 31.6 Å². The van der Waals surface area contributed by atoms with Crippen LogP contribution >= 0.6 is 0 Å². The van der Waals surface area contributed by atoms with Crippen LogP contribution < -0.4 is 0 Å². The van der Waals surface area contributed by atoms with Crippen LogP contribution in [-0.2, 0) is 0 Å². The average molecular weight is 245 g/mol. The monoisotopic (exact) mass is 245 g/mol. The van der Waals surface area contributed by atoms with E-state index in [1.165, 1.54) is 25.7 Å². The molecule has 0 radical (unpaired) electrons. The lowest BCUT2D eigenvalue weighted by atomic mass is 9.82. The summed E-state index contributed by atoms with van der Waals surface area (Å²) in [7, 11) is 0. The third-order valence-corrected chi connectivity index (χ3v) is 4.26. The maximum absolute atomic E-state index is 12.3. The minimum absolute atomic E-state index is 0.0527. The lowest BCUT2D eigenvalue weighted by molar-refractivity contribution is 0.0777. The normalized spacial score (nSPS) is 27.1. The van der Waals surface area contributed by atoms with Crippen molar-refractivity contribution in [2.45, 2.75) is 32.6 Å². The van der Waals surface area contributed by atoms with Gasteiger partial charge in [-0.1, -0.05) is 12.8 Å². The van der Waals surface area contributed by atoms with Gasteiger partial charge in [0.15, 0.2) is 0 Å². The van der Waals surface area contributed by atoms with E-state index in [4.69, 9.17) is 0 Å². The molecule has 1 aromatic heterocycles. The molecule has 0 aromatic carbocycles. The molecule has 96 valence electrons. The molecule has 1 amide bonds. The quantitative estimate of drug-likeness (QED) is 0.760. The van der Waals surface area contributed by atoms with Crippen molar-refractivity contribution < 1.29 is 4.79 Å². The Balaban J connectivity index is 1.72. The summed E-state index contributed by atoms with van der Waals surface area (Å²) in [6, 6.07) is 0. The molecule has 2 atom stereocenters. The van der Waals surface area contributed by atoms with Crippen molar-refractivity contribution in [2.24, 2.45) is 11.8 Å². The Hall–Kier alpha value is -1.45. The predicted molar refractivity (Wildman–Crippen MR) is 68.1 cm³/mol. The molecule has 18 heavy (non-hydrogen) atoms. The van der Waals surface area contributed by atoms with E-state index in [1.807, 2.05) is 11.8 Å². The largest absolute Gasteiger partial charge is 0.337 e. The second kappa shape index (κ2) is 4.67. The summed E-state index contributed by atoms with van der Waals surface area (Å²) in [5.41, 5.74) is 1.33. The molecule has 1 aromatic rings. The molecule has 1 aliphatic heterocycles. The van der Waals surface area contributed by atoms with E-state index in [0.717, 1.165) is 30.6 Å². The fourth-order valence-corrected chi connectivity index (χ4v) is 3.24. The topological polar surface area (TPSA) is 46.1 Å². The molecule has 2 aliphatic rings. The van der Waals surface area contributed by atoms with Gasteiger partial charge in [0, 0.05) is 19.3 Å². The molecular formula is C14H19N3O. The van der Waals surface area contributed by atoms with E-state index in [2.05, 4.69) is 9.97 Å². The van der Waals surface area contributed by atoms with Gasteiger partial charge in [0.1, 0.15) is 5.69 Å². The van der Waals surface area contributed by atoms with E-state index in [9.17, 15) is 4.79 Å². The molecule has 3 rings (SSSR count). The molecule has 0 spiro atoms. The zero-order valence-corrected chi connectivity index (χ0v) is 10.8. The van der Waals surface area contributed by atoms with E-state index < -0.39 is 0 Å². The Morgan fingerprint density at radius 1 is 1.17 bits per heavy atom. The molecule has 0 bridgehead atoms. The highest BCUT2D eigenvalue weighted by Crippen LogP contribution is 2.36. The van der Waals surface area contributed by atoms with E-state index in [-0.39, 0.29) is 5.91 Å². The molecule has 2 heterocycles. The van der Waals surface area contributed by atoms with Gasteiger partial charge < -0.3 is 4.90 Å². The van der Waals surface area contributed by atoms with Crippen molar-refractivity contribution >= 4 is 5.91 Å². The molecular weight excluding hydrogens is 226 g/mol. The van der Waals surface area contributed by atoms with Gasteiger partial charge >= 0.3 is 0 Å². The van der Waals surface area contributed by atoms with Gasteiger partial charge in [0.2, 0.25) is 0 Å². The van der Waals surface area contributed by atoms with Crippen LogP contribution in [0.1, 0.15) is 41.9 Å². The van der Waals surface area contributed by atoms with Crippen LogP contribution in [0.3, 0.4) is 0 Å². The zero-order valence-electron chi connectivity index (χ0n) is 10.8. The average Bonchev–Trinajstić information content (AvgIpc) is 2.82. The second-order valence-electron chi connectivity index (χ2n) is 5.56. The van der Waals surface area contributed by atoms with Crippen molar-refractivity contribution in [2.75, 3.05) is 13.1 Å². The van der Waals surface area contributed by atoms with E-state index in [1.54, 1.807) is 12.4 Å². The number of likely N-dealkylation sites (tertiary alicyclic amines) is 1. The molecule has 1 saturated carbocycles. The van der Waals surface area contributed by atoms with Crippen molar-refractivity contribution in [3.05, 3.63) is 23.8 Å². The SMILES string of the molecule is Cc1cnc(C(=O)N2CC3CCCCC3C2)cn1. The van der Waals surface area contributed by atoms with Crippen molar-refractivity contribution in [1.29, 1.82) is 0 Å². The van der Waals surface area contributed by atoms with Gasteiger partial charge in [-0.15, -0.1) is 0 Å². The summed E-state index contributed by atoms with van der Waals surface area (Å²) in [6.07, 6.45) is 8.49. The molecule has 0 N–H and O–H groups in total.